The quantitative estimate of drug-likeness (QED) is 0.371. The van der Waals surface area contributed by atoms with E-state index < -0.39 is 11.9 Å². The maximum atomic E-state index is 11.5. The average Bonchev–Trinajstić information content (AvgIpc) is 3.10. The predicted octanol–water partition coefficient (Wildman–Crippen LogP) is 5.12. The molecule has 1 N–H and O–H groups in total. The van der Waals surface area contributed by atoms with Crippen molar-refractivity contribution in [3.8, 4) is 0 Å². The van der Waals surface area contributed by atoms with E-state index in [9.17, 15) is 9.90 Å². The molecular formula is C26H36N2O5. The highest BCUT2D eigenvalue weighted by molar-refractivity contribution is 5.75. The lowest BCUT2D eigenvalue weighted by Crippen LogP contribution is -2.21. The number of methoxy groups -OCH3 is 1. The minimum atomic E-state index is -0.720. The molecule has 1 aliphatic rings. The minimum Gasteiger partial charge on any atom is -0.469 e. The molecule has 1 fully saturated rings. The fourth-order valence-electron chi connectivity index (χ4n) is 4.10. The zero-order valence-corrected chi connectivity index (χ0v) is 20.1. The van der Waals surface area contributed by atoms with Gasteiger partial charge in [-0.05, 0) is 51.3 Å². The maximum Gasteiger partial charge on any atom is 0.305 e. The summed E-state index contributed by atoms with van der Waals surface area (Å²) in [6, 6.07) is 7.67. The van der Waals surface area contributed by atoms with Gasteiger partial charge in [0.25, 0.3) is 0 Å². The van der Waals surface area contributed by atoms with Crippen molar-refractivity contribution in [1.82, 2.24) is 9.97 Å². The average molecular weight is 457 g/mol. The topological polar surface area (TPSA) is 90.8 Å². The maximum absolute atomic E-state index is 11.5. The summed E-state index contributed by atoms with van der Waals surface area (Å²) in [4.78, 5) is 21.0. The van der Waals surface area contributed by atoms with E-state index in [0.29, 0.717) is 37.1 Å². The van der Waals surface area contributed by atoms with Crippen LogP contribution in [-0.4, -0.2) is 46.1 Å². The highest BCUT2D eigenvalue weighted by Gasteiger charge is 2.39. The van der Waals surface area contributed by atoms with Crippen LogP contribution in [0, 0.1) is 0 Å². The predicted molar refractivity (Wildman–Crippen MR) is 127 cm³/mol. The number of carbonyl (C=O) groups excluding carboxylic acids is 1. The number of para-hydroxylation sites is 2. The van der Waals surface area contributed by atoms with Crippen LogP contribution in [0.25, 0.3) is 17.1 Å². The number of aliphatic hydroxyl groups is 1. The molecule has 2 heterocycles. The summed E-state index contributed by atoms with van der Waals surface area (Å²) in [5, 5.41) is 10.9. The van der Waals surface area contributed by atoms with E-state index in [1.54, 1.807) is 0 Å². The summed E-state index contributed by atoms with van der Waals surface area (Å²) in [6.45, 7) is 5.91. The summed E-state index contributed by atoms with van der Waals surface area (Å²) < 4.78 is 16.9. The second kappa shape index (κ2) is 11.7. The Labute approximate surface area is 196 Å². The molecule has 3 atom stereocenters. The van der Waals surface area contributed by atoms with Crippen molar-refractivity contribution in [1.29, 1.82) is 0 Å². The number of unbranched alkanes of at least 4 members (excludes halogenated alkanes) is 2. The van der Waals surface area contributed by atoms with Crippen molar-refractivity contribution in [2.24, 2.45) is 0 Å². The number of fused-ring (bicyclic) bond motifs is 1. The molecule has 1 aromatic heterocycles. The molecule has 0 spiro atoms. The Bertz CT molecular complexity index is 959. The normalized spacial score (nSPS) is 21.0. The van der Waals surface area contributed by atoms with Crippen LogP contribution in [0.2, 0.25) is 0 Å². The van der Waals surface area contributed by atoms with Gasteiger partial charge in [-0.2, -0.15) is 0 Å². The third kappa shape index (κ3) is 7.06. The van der Waals surface area contributed by atoms with Gasteiger partial charge in [-0.3, -0.25) is 4.79 Å². The zero-order valence-electron chi connectivity index (χ0n) is 20.1. The molecule has 0 aliphatic carbocycles. The molecule has 1 aromatic carbocycles. The molecule has 180 valence electrons. The Morgan fingerprint density at radius 2 is 1.91 bits per heavy atom. The highest BCUT2D eigenvalue weighted by atomic mass is 16.7. The first-order chi connectivity index (χ1) is 15.8. The van der Waals surface area contributed by atoms with Crippen molar-refractivity contribution in [2.45, 2.75) is 89.8 Å². The highest BCUT2D eigenvalue weighted by Crippen LogP contribution is 2.32. The first-order valence-electron chi connectivity index (χ1n) is 11.9. The number of rotatable bonds is 11. The number of aliphatic hydroxyl groups excluding tert-OH is 1. The molecule has 1 saturated heterocycles. The lowest BCUT2D eigenvalue weighted by Gasteiger charge is -2.16. The van der Waals surface area contributed by atoms with E-state index >= 15 is 0 Å². The van der Waals surface area contributed by atoms with E-state index in [1.807, 2.05) is 50.3 Å². The number of carbonyl (C=O) groups is 1. The minimum absolute atomic E-state index is 0.188. The monoisotopic (exact) mass is 456 g/mol. The lowest BCUT2D eigenvalue weighted by molar-refractivity contribution is -0.144. The van der Waals surface area contributed by atoms with Gasteiger partial charge in [0, 0.05) is 6.42 Å². The van der Waals surface area contributed by atoms with Gasteiger partial charge < -0.3 is 19.3 Å². The SMILES string of the molecule is CCCCC[C@H](O)c1nc2ccccc2nc1/C=C/[C@H]1OC(C)(C)O[C@H]1CCCC(=O)OC. The fraction of sp³-hybridized carbons (Fsp3) is 0.577. The van der Waals surface area contributed by atoms with Crippen LogP contribution in [0.4, 0.5) is 0 Å². The molecule has 3 rings (SSSR count). The third-order valence-corrected chi connectivity index (χ3v) is 5.79. The number of esters is 1. The summed E-state index contributed by atoms with van der Waals surface area (Å²) >= 11 is 0. The second-order valence-corrected chi connectivity index (χ2v) is 8.96. The smallest absolute Gasteiger partial charge is 0.305 e. The van der Waals surface area contributed by atoms with Gasteiger partial charge in [0.2, 0.25) is 0 Å². The number of aromatic nitrogens is 2. The number of ether oxygens (including phenoxy) is 3. The van der Waals surface area contributed by atoms with Crippen molar-refractivity contribution < 1.29 is 24.1 Å². The molecule has 0 saturated carbocycles. The Balaban J connectivity index is 1.82. The third-order valence-electron chi connectivity index (χ3n) is 5.79. The standard InChI is InChI=1S/C26H36N2O5/c1-5-6-7-13-21(29)25-20(27-18-11-8-9-12-19(18)28-25)16-17-23-22(32-26(2,3)33-23)14-10-15-24(30)31-4/h8-9,11-12,16-17,21-23,29H,5-7,10,13-15H2,1-4H3/b17-16+/t21-,22-,23+/m0/s1. The number of hydrogen-bond acceptors (Lipinski definition) is 7. The van der Waals surface area contributed by atoms with E-state index in [2.05, 4.69) is 6.92 Å². The van der Waals surface area contributed by atoms with Gasteiger partial charge in [0.15, 0.2) is 5.79 Å². The van der Waals surface area contributed by atoms with Crippen molar-refractivity contribution >= 4 is 23.1 Å². The molecule has 0 radical (unpaired) electrons. The second-order valence-electron chi connectivity index (χ2n) is 8.96. The van der Waals surface area contributed by atoms with E-state index in [-0.39, 0.29) is 18.2 Å². The molecule has 2 aromatic rings. The Hall–Kier alpha value is -2.35. The number of benzene rings is 1. The van der Waals surface area contributed by atoms with E-state index in [4.69, 9.17) is 24.2 Å². The molecule has 33 heavy (non-hydrogen) atoms. The zero-order chi connectivity index (χ0) is 23.8. The van der Waals surface area contributed by atoms with E-state index in [0.717, 1.165) is 30.3 Å². The van der Waals surface area contributed by atoms with Crippen LogP contribution in [-0.2, 0) is 19.0 Å². The van der Waals surface area contributed by atoms with Gasteiger partial charge in [-0.15, -0.1) is 0 Å². The fourth-order valence-corrected chi connectivity index (χ4v) is 4.10. The Morgan fingerprint density at radius 1 is 1.18 bits per heavy atom. The van der Waals surface area contributed by atoms with Gasteiger partial charge >= 0.3 is 5.97 Å². The summed E-state index contributed by atoms with van der Waals surface area (Å²) in [7, 11) is 1.39. The van der Waals surface area contributed by atoms with Crippen LogP contribution in [0.5, 0.6) is 0 Å². The number of hydrogen-bond donors (Lipinski definition) is 1. The van der Waals surface area contributed by atoms with Crippen molar-refractivity contribution in [3.05, 3.63) is 41.7 Å². The van der Waals surface area contributed by atoms with Crippen LogP contribution in [0.3, 0.4) is 0 Å². The van der Waals surface area contributed by atoms with Gasteiger partial charge in [0.05, 0.1) is 41.7 Å². The Morgan fingerprint density at radius 3 is 2.61 bits per heavy atom. The first-order valence-corrected chi connectivity index (χ1v) is 11.9. The van der Waals surface area contributed by atoms with Crippen LogP contribution < -0.4 is 0 Å². The molecule has 0 unspecified atom stereocenters. The summed E-state index contributed by atoms with van der Waals surface area (Å²) in [6.07, 6.45) is 8.05. The van der Waals surface area contributed by atoms with E-state index in [1.165, 1.54) is 7.11 Å². The number of nitrogens with zero attached hydrogens (tertiary/aromatic N) is 2. The van der Waals surface area contributed by atoms with Gasteiger partial charge in [-0.25, -0.2) is 9.97 Å². The molecule has 0 bridgehead atoms. The first kappa shape index (κ1) is 25.3. The molecule has 7 heteroatoms. The van der Waals surface area contributed by atoms with Crippen molar-refractivity contribution in [3.63, 3.8) is 0 Å². The largest absolute Gasteiger partial charge is 0.469 e. The van der Waals surface area contributed by atoms with Gasteiger partial charge in [-0.1, -0.05) is 44.4 Å². The van der Waals surface area contributed by atoms with Crippen molar-refractivity contribution in [2.75, 3.05) is 7.11 Å². The molecule has 7 nitrogen and oxygen atoms in total. The Kier molecular flexibility index (Phi) is 8.95. The van der Waals surface area contributed by atoms with Crippen LogP contribution in [0.15, 0.2) is 30.3 Å². The molecule has 1 aliphatic heterocycles. The molecular weight excluding hydrogens is 420 g/mol. The van der Waals surface area contributed by atoms with Crippen LogP contribution >= 0.6 is 0 Å². The van der Waals surface area contributed by atoms with Crippen LogP contribution in [0.1, 0.15) is 83.2 Å². The van der Waals surface area contributed by atoms with Gasteiger partial charge in [0.1, 0.15) is 6.10 Å². The summed E-state index contributed by atoms with van der Waals surface area (Å²) in [5.74, 6) is -0.948. The molecule has 0 amide bonds. The lowest BCUT2D eigenvalue weighted by atomic mass is 10.0. The summed E-state index contributed by atoms with van der Waals surface area (Å²) in [5.41, 5.74) is 2.77.